The van der Waals surface area contributed by atoms with Crippen LogP contribution in [0.25, 0.3) is 0 Å². The minimum absolute atomic E-state index is 0.383. The van der Waals surface area contributed by atoms with E-state index in [2.05, 4.69) is 11.9 Å². The van der Waals surface area contributed by atoms with Crippen molar-refractivity contribution in [3.8, 4) is 0 Å². The largest absolute Gasteiger partial charge is 0.350 e. The summed E-state index contributed by atoms with van der Waals surface area (Å²) in [4.78, 5) is 10.8. The number of hydrogen-bond acceptors (Lipinski definition) is 1. The lowest BCUT2D eigenvalue weighted by Gasteiger charge is -2.11. The first-order valence-corrected chi connectivity index (χ1v) is 3.51. The molecule has 0 saturated heterocycles. The van der Waals surface area contributed by atoms with Crippen LogP contribution in [0.2, 0.25) is 0 Å². The normalized spacial score (nSPS) is 10.7. The maximum Gasteiger partial charge on any atom is 0.256 e. The van der Waals surface area contributed by atoms with Crippen molar-refractivity contribution in [2.24, 2.45) is 0 Å². The molecule has 0 atom stereocenters. The molecule has 0 unspecified atom stereocenters. The lowest BCUT2D eigenvalue weighted by molar-refractivity contribution is -0.121. The van der Waals surface area contributed by atoms with Gasteiger partial charge in [0.05, 0.1) is 0 Å². The first-order valence-electron chi connectivity index (χ1n) is 2.75. The molecule has 0 heterocycles. The second-order valence-corrected chi connectivity index (χ2v) is 3.59. The Balaban J connectivity index is 3.74. The van der Waals surface area contributed by atoms with E-state index in [1.807, 2.05) is 0 Å². The van der Waals surface area contributed by atoms with Crippen LogP contribution in [-0.4, -0.2) is 16.8 Å². The van der Waals surface area contributed by atoms with Gasteiger partial charge in [0.2, 0.25) is 0 Å². The Morgan fingerprint density at radius 2 is 2.30 bits per heavy atom. The molecule has 2 nitrogen and oxygen atoms in total. The van der Waals surface area contributed by atoms with Gasteiger partial charge in [0, 0.05) is 6.54 Å². The summed E-state index contributed by atoms with van der Waals surface area (Å²) in [5.74, 6) is -0.407. The van der Waals surface area contributed by atoms with Gasteiger partial charge in [-0.1, -0.05) is 29.3 Å². The second-order valence-electron chi connectivity index (χ2n) is 1.89. The molecule has 1 amide bonds. The summed E-state index contributed by atoms with van der Waals surface area (Å²) in [7, 11) is 0. The topological polar surface area (TPSA) is 29.1 Å². The van der Waals surface area contributed by atoms with E-state index in [9.17, 15) is 4.79 Å². The van der Waals surface area contributed by atoms with Gasteiger partial charge in [-0.25, -0.2) is 0 Å². The maximum atomic E-state index is 10.8. The predicted molar refractivity (Wildman–Crippen MR) is 43.3 cm³/mol. The summed E-state index contributed by atoms with van der Waals surface area (Å²) in [5.41, 5.74) is 0. The van der Waals surface area contributed by atoms with E-state index >= 15 is 0 Å². The Morgan fingerprint density at radius 1 is 1.80 bits per heavy atom. The van der Waals surface area contributed by atoms with Crippen molar-refractivity contribution < 1.29 is 4.79 Å². The smallest absolute Gasteiger partial charge is 0.256 e. The zero-order chi connectivity index (χ0) is 8.20. The standard InChI is InChI=1S/C6H9Cl2NO/c1-3-4-9-5(10)6(2,7)8/h3H,1,4H2,2H3,(H,9,10). The van der Waals surface area contributed by atoms with Gasteiger partial charge in [-0.15, -0.1) is 6.58 Å². The van der Waals surface area contributed by atoms with Gasteiger partial charge in [-0.2, -0.15) is 0 Å². The quantitative estimate of drug-likeness (QED) is 0.519. The van der Waals surface area contributed by atoms with Crippen LogP contribution in [0.15, 0.2) is 12.7 Å². The van der Waals surface area contributed by atoms with E-state index in [1.165, 1.54) is 6.92 Å². The first-order chi connectivity index (χ1) is 4.48. The summed E-state index contributed by atoms with van der Waals surface area (Å²) >= 11 is 10.9. The Kier molecular flexibility index (Phi) is 3.76. The van der Waals surface area contributed by atoms with Crippen LogP contribution in [-0.2, 0) is 4.79 Å². The molecule has 0 spiro atoms. The van der Waals surface area contributed by atoms with Crippen molar-refractivity contribution in [1.29, 1.82) is 0 Å². The van der Waals surface area contributed by atoms with E-state index < -0.39 is 10.2 Å². The van der Waals surface area contributed by atoms with E-state index in [4.69, 9.17) is 23.2 Å². The van der Waals surface area contributed by atoms with Crippen molar-refractivity contribution in [2.45, 2.75) is 11.3 Å². The number of carbonyl (C=O) groups excluding carboxylic acids is 1. The highest BCUT2D eigenvalue weighted by atomic mass is 35.5. The molecule has 1 N–H and O–H groups in total. The third-order valence-corrected chi connectivity index (χ3v) is 1.15. The van der Waals surface area contributed by atoms with Crippen LogP contribution >= 0.6 is 23.2 Å². The number of amides is 1. The third kappa shape index (κ3) is 3.75. The van der Waals surface area contributed by atoms with Crippen LogP contribution in [0.1, 0.15) is 6.92 Å². The van der Waals surface area contributed by atoms with E-state index in [0.29, 0.717) is 6.54 Å². The van der Waals surface area contributed by atoms with Crippen LogP contribution in [0.3, 0.4) is 0 Å². The molecule has 0 saturated carbocycles. The summed E-state index contributed by atoms with van der Waals surface area (Å²) < 4.78 is -1.34. The molecule has 58 valence electrons. The molecule has 0 aliphatic heterocycles. The average Bonchev–Trinajstić information content (AvgIpc) is 1.80. The van der Waals surface area contributed by atoms with Crippen molar-refractivity contribution in [2.75, 3.05) is 6.54 Å². The van der Waals surface area contributed by atoms with E-state index in [1.54, 1.807) is 6.08 Å². The van der Waals surface area contributed by atoms with Crippen molar-refractivity contribution in [3.63, 3.8) is 0 Å². The summed E-state index contributed by atoms with van der Waals surface area (Å²) in [6.45, 7) is 5.21. The molecule has 0 aromatic carbocycles. The molecule has 10 heavy (non-hydrogen) atoms. The average molecular weight is 182 g/mol. The minimum Gasteiger partial charge on any atom is -0.350 e. The third-order valence-electron chi connectivity index (χ3n) is 0.806. The lowest BCUT2D eigenvalue weighted by atomic mass is 10.4. The Bertz CT molecular complexity index is 139. The fourth-order valence-electron chi connectivity index (χ4n) is 0.320. The highest BCUT2D eigenvalue weighted by molar-refractivity contribution is 6.57. The van der Waals surface area contributed by atoms with Gasteiger partial charge in [-0.3, -0.25) is 4.79 Å². The highest BCUT2D eigenvalue weighted by Crippen LogP contribution is 2.18. The van der Waals surface area contributed by atoms with Crippen molar-refractivity contribution >= 4 is 29.1 Å². The van der Waals surface area contributed by atoms with Gasteiger partial charge in [0.15, 0.2) is 4.33 Å². The molecule has 4 heteroatoms. The SMILES string of the molecule is C=CCNC(=O)C(C)(Cl)Cl. The molecular weight excluding hydrogens is 173 g/mol. The molecule has 0 aliphatic carbocycles. The number of rotatable bonds is 3. The molecule has 0 rings (SSSR count). The number of nitrogens with one attached hydrogen (secondary N) is 1. The van der Waals surface area contributed by atoms with Crippen LogP contribution in [0.5, 0.6) is 0 Å². The monoisotopic (exact) mass is 181 g/mol. The Morgan fingerprint density at radius 3 is 2.60 bits per heavy atom. The summed E-state index contributed by atoms with van der Waals surface area (Å²) in [5, 5.41) is 2.45. The summed E-state index contributed by atoms with van der Waals surface area (Å²) in [6, 6.07) is 0. The number of carbonyl (C=O) groups is 1. The van der Waals surface area contributed by atoms with Gasteiger partial charge >= 0.3 is 0 Å². The zero-order valence-corrected chi connectivity index (χ0v) is 7.17. The van der Waals surface area contributed by atoms with Crippen LogP contribution < -0.4 is 5.32 Å². The fourth-order valence-corrected chi connectivity index (χ4v) is 0.454. The van der Waals surface area contributed by atoms with Gasteiger partial charge in [0.1, 0.15) is 0 Å². The second kappa shape index (κ2) is 3.84. The Hall–Kier alpha value is -0.210. The first kappa shape index (κ1) is 9.79. The molecule has 0 radical (unpaired) electrons. The van der Waals surface area contributed by atoms with Crippen LogP contribution in [0, 0.1) is 0 Å². The molecular formula is C6H9Cl2NO. The highest BCUT2D eigenvalue weighted by Gasteiger charge is 2.26. The van der Waals surface area contributed by atoms with E-state index in [-0.39, 0.29) is 0 Å². The molecule has 0 aromatic rings. The van der Waals surface area contributed by atoms with Crippen molar-refractivity contribution in [1.82, 2.24) is 5.32 Å². The van der Waals surface area contributed by atoms with Gasteiger partial charge in [-0.05, 0) is 6.92 Å². The molecule has 0 aromatic heterocycles. The molecule has 0 bridgehead atoms. The Labute approximate surface area is 70.2 Å². The fraction of sp³-hybridized carbons (Fsp3) is 0.500. The lowest BCUT2D eigenvalue weighted by Crippen LogP contribution is -2.36. The van der Waals surface area contributed by atoms with Crippen molar-refractivity contribution in [3.05, 3.63) is 12.7 Å². The van der Waals surface area contributed by atoms with Gasteiger partial charge < -0.3 is 5.32 Å². The molecule has 0 aliphatic rings. The summed E-state index contributed by atoms with van der Waals surface area (Å²) in [6.07, 6.45) is 1.55. The van der Waals surface area contributed by atoms with Gasteiger partial charge in [0.25, 0.3) is 5.91 Å². The van der Waals surface area contributed by atoms with Crippen LogP contribution in [0.4, 0.5) is 0 Å². The number of halogens is 2. The van der Waals surface area contributed by atoms with E-state index in [0.717, 1.165) is 0 Å². The molecule has 0 fully saturated rings. The maximum absolute atomic E-state index is 10.8. The minimum atomic E-state index is -1.34. The predicted octanol–water partition coefficient (Wildman–Crippen LogP) is 1.48. The number of alkyl halides is 2. The zero-order valence-electron chi connectivity index (χ0n) is 5.66. The number of hydrogen-bond donors (Lipinski definition) is 1.